The lowest BCUT2D eigenvalue weighted by atomic mass is 10.1. The molecule has 2 aromatic rings. The number of nitrogens with one attached hydrogen (secondary N) is 1. The van der Waals surface area contributed by atoms with Gasteiger partial charge in [-0.05, 0) is 55.2 Å². The molecule has 0 aromatic heterocycles. The van der Waals surface area contributed by atoms with Crippen molar-refractivity contribution in [2.45, 2.75) is 52.6 Å². The van der Waals surface area contributed by atoms with Crippen molar-refractivity contribution in [3.8, 4) is 5.75 Å². The van der Waals surface area contributed by atoms with Crippen LogP contribution in [-0.4, -0.2) is 35.9 Å². The predicted molar refractivity (Wildman–Crippen MR) is 126 cm³/mol. The third kappa shape index (κ3) is 7.75. The molecule has 2 amide bonds. The molecule has 0 aliphatic heterocycles. The van der Waals surface area contributed by atoms with E-state index in [1.807, 2.05) is 32.0 Å². The van der Waals surface area contributed by atoms with E-state index in [1.54, 1.807) is 24.3 Å². The first kappa shape index (κ1) is 25.0. The Morgan fingerprint density at radius 2 is 1.90 bits per heavy atom. The van der Waals surface area contributed by atoms with Crippen LogP contribution in [0, 0.1) is 6.92 Å². The highest BCUT2D eigenvalue weighted by Crippen LogP contribution is 2.24. The summed E-state index contributed by atoms with van der Waals surface area (Å²) < 4.78 is 5.71. The van der Waals surface area contributed by atoms with E-state index >= 15 is 0 Å². The number of hydrogen-bond donors (Lipinski definition) is 1. The number of halogens is 2. The number of carbonyl (C=O) groups is 2. The largest absolute Gasteiger partial charge is 0.484 e. The summed E-state index contributed by atoms with van der Waals surface area (Å²) in [5, 5.41) is 3.90. The van der Waals surface area contributed by atoms with Crippen LogP contribution < -0.4 is 10.1 Å². The van der Waals surface area contributed by atoms with E-state index in [2.05, 4.69) is 12.2 Å². The van der Waals surface area contributed by atoms with Crippen molar-refractivity contribution in [3.63, 3.8) is 0 Å². The van der Waals surface area contributed by atoms with E-state index < -0.39 is 6.04 Å². The number of unbranched alkanes of at least 4 members (excludes halogenated alkanes) is 1. The molecule has 0 fully saturated rings. The average molecular weight is 465 g/mol. The van der Waals surface area contributed by atoms with Gasteiger partial charge in [0, 0.05) is 23.1 Å². The summed E-state index contributed by atoms with van der Waals surface area (Å²) in [4.78, 5) is 27.5. The topological polar surface area (TPSA) is 58.6 Å². The van der Waals surface area contributed by atoms with Gasteiger partial charge in [0.2, 0.25) is 5.91 Å². The van der Waals surface area contributed by atoms with Crippen LogP contribution in [0.25, 0.3) is 0 Å². The molecule has 5 nitrogen and oxygen atoms in total. The van der Waals surface area contributed by atoms with Crippen LogP contribution in [0.1, 0.15) is 44.2 Å². The Bertz CT molecular complexity index is 889. The van der Waals surface area contributed by atoms with Crippen LogP contribution in [0.5, 0.6) is 5.75 Å². The minimum Gasteiger partial charge on any atom is -0.484 e. The van der Waals surface area contributed by atoms with Crippen molar-refractivity contribution in [2.75, 3.05) is 13.2 Å². The number of benzene rings is 2. The Morgan fingerprint density at radius 3 is 2.55 bits per heavy atom. The molecule has 0 aliphatic rings. The van der Waals surface area contributed by atoms with Crippen LogP contribution in [-0.2, 0) is 16.1 Å². The van der Waals surface area contributed by atoms with Crippen LogP contribution >= 0.6 is 23.2 Å². The minimum absolute atomic E-state index is 0.173. The molecule has 2 rings (SSSR count). The molecule has 0 saturated heterocycles. The van der Waals surface area contributed by atoms with Crippen molar-refractivity contribution >= 4 is 35.0 Å². The van der Waals surface area contributed by atoms with Gasteiger partial charge in [-0.25, -0.2) is 0 Å². The molecule has 0 bridgehead atoms. The fraction of sp³-hybridized carbons (Fsp3) is 0.417. The molecule has 1 N–H and O–H groups in total. The number of carbonyl (C=O) groups excluding carboxylic acids is 2. The SMILES string of the molecule is CCCCNC(=O)[C@@H](CC)N(Cc1ccc(Cl)cc1Cl)C(=O)COc1cccc(C)c1. The maximum atomic E-state index is 13.2. The second-order valence-electron chi connectivity index (χ2n) is 7.43. The van der Waals surface area contributed by atoms with Crippen molar-refractivity contribution in [2.24, 2.45) is 0 Å². The Balaban J connectivity index is 2.22. The van der Waals surface area contributed by atoms with Gasteiger partial charge in [-0.3, -0.25) is 9.59 Å². The van der Waals surface area contributed by atoms with Gasteiger partial charge >= 0.3 is 0 Å². The molecule has 168 valence electrons. The van der Waals surface area contributed by atoms with E-state index in [0.717, 1.165) is 24.0 Å². The second kappa shape index (κ2) is 12.6. The maximum Gasteiger partial charge on any atom is 0.261 e. The van der Waals surface area contributed by atoms with Crippen molar-refractivity contribution in [1.29, 1.82) is 0 Å². The van der Waals surface area contributed by atoms with Gasteiger partial charge in [0.05, 0.1) is 0 Å². The molecular formula is C24H30Cl2N2O3. The molecule has 0 spiro atoms. The summed E-state index contributed by atoms with van der Waals surface area (Å²) in [6.07, 6.45) is 2.33. The highest BCUT2D eigenvalue weighted by Gasteiger charge is 2.29. The van der Waals surface area contributed by atoms with Crippen LogP contribution in [0.4, 0.5) is 0 Å². The van der Waals surface area contributed by atoms with E-state index in [4.69, 9.17) is 27.9 Å². The highest BCUT2D eigenvalue weighted by atomic mass is 35.5. The molecule has 0 saturated carbocycles. The number of nitrogens with zero attached hydrogens (tertiary/aromatic N) is 1. The first-order valence-electron chi connectivity index (χ1n) is 10.6. The van der Waals surface area contributed by atoms with Gasteiger partial charge in [-0.15, -0.1) is 0 Å². The van der Waals surface area contributed by atoms with Crippen LogP contribution in [0.15, 0.2) is 42.5 Å². The van der Waals surface area contributed by atoms with Gasteiger partial charge < -0.3 is 15.0 Å². The fourth-order valence-corrected chi connectivity index (χ4v) is 3.66. The van der Waals surface area contributed by atoms with Crippen LogP contribution in [0.3, 0.4) is 0 Å². The number of ether oxygens (including phenoxy) is 1. The lowest BCUT2D eigenvalue weighted by molar-refractivity contribution is -0.143. The van der Waals surface area contributed by atoms with Crippen molar-refractivity contribution in [1.82, 2.24) is 10.2 Å². The number of aryl methyl sites for hydroxylation is 1. The normalized spacial score (nSPS) is 11.6. The second-order valence-corrected chi connectivity index (χ2v) is 8.27. The lowest BCUT2D eigenvalue weighted by Crippen LogP contribution is -2.50. The molecule has 0 heterocycles. The monoisotopic (exact) mass is 464 g/mol. The molecule has 0 radical (unpaired) electrons. The molecule has 1 atom stereocenters. The van der Waals surface area contributed by atoms with Gasteiger partial charge in [0.25, 0.3) is 5.91 Å². The Labute approximate surface area is 194 Å². The average Bonchev–Trinajstić information content (AvgIpc) is 2.73. The quantitative estimate of drug-likeness (QED) is 0.452. The van der Waals surface area contributed by atoms with E-state index in [0.29, 0.717) is 28.8 Å². The smallest absolute Gasteiger partial charge is 0.261 e. The first-order valence-corrected chi connectivity index (χ1v) is 11.3. The number of hydrogen-bond acceptors (Lipinski definition) is 3. The molecule has 7 heteroatoms. The summed E-state index contributed by atoms with van der Waals surface area (Å²) in [6, 6.07) is 12.0. The summed E-state index contributed by atoms with van der Waals surface area (Å²) in [7, 11) is 0. The van der Waals surface area contributed by atoms with E-state index in [-0.39, 0.29) is 25.0 Å². The van der Waals surface area contributed by atoms with Crippen LogP contribution in [0.2, 0.25) is 10.0 Å². The first-order chi connectivity index (χ1) is 14.8. The van der Waals surface area contributed by atoms with E-state index in [9.17, 15) is 9.59 Å². The third-order valence-corrected chi connectivity index (χ3v) is 5.51. The Hall–Kier alpha value is -2.24. The highest BCUT2D eigenvalue weighted by molar-refractivity contribution is 6.35. The zero-order chi connectivity index (χ0) is 22.8. The lowest BCUT2D eigenvalue weighted by Gasteiger charge is -2.31. The summed E-state index contributed by atoms with van der Waals surface area (Å²) in [5.41, 5.74) is 1.76. The van der Waals surface area contributed by atoms with Gasteiger partial charge in [-0.1, -0.05) is 61.7 Å². The Morgan fingerprint density at radius 1 is 1.13 bits per heavy atom. The zero-order valence-corrected chi connectivity index (χ0v) is 19.8. The summed E-state index contributed by atoms with van der Waals surface area (Å²) >= 11 is 12.4. The number of rotatable bonds is 11. The van der Waals surface area contributed by atoms with Gasteiger partial charge in [0.1, 0.15) is 11.8 Å². The van der Waals surface area contributed by atoms with Crippen molar-refractivity contribution < 1.29 is 14.3 Å². The predicted octanol–water partition coefficient (Wildman–Crippen LogP) is 5.40. The third-order valence-electron chi connectivity index (χ3n) is 4.92. The van der Waals surface area contributed by atoms with Gasteiger partial charge in [-0.2, -0.15) is 0 Å². The van der Waals surface area contributed by atoms with Gasteiger partial charge in [0.15, 0.2) is 6.61 Å². The fourth-order valence-electron chi connectivity index (χ4n) is 3.19. The maximum absolute atomic E-state index is 13.2. The molecular weight excluding hydrogens is 435 g/mol. The summed E-state index contributed by atoms with van der Waals surface area (Å²) in [5.74, 6) is 0.147. The molecule has 0 aliphatic carbocycles. The number of amides is 2. The summed E-state index contributed by atoms with van der Waals surface area (Å²) in [6.45, 7) is 6.49. The molecule has 2 aromatic carbocycles. The minimum atomic E-state index is -0.628. The molecule has 0 unspecified atom stereocenters. The molecule has 31 heavy (non-hydrogen) atoms. The standard InChI is InChI=1S/C24H30Cl2N2O3/c1-4-6-12-27-24(30)22(5-2)28(15-18-10-11-19(25)14-21(18)26)23(29)16-31-20-9-7-8-17(3)13-20/h7-11,13-14,22H,4-6,12,15-16H2,1-3H3,(H,27,30)/t22-/m1/s1. The Kier molecular flexibility index (Phi) is 10.2. The van der Waals surface area contributed by atoms with E-state index in [1.165, 1.54) is 4.90 Å². The van der Waals surface area contributed by atoms with Crippen molar-refractivity contribution in [3.05, 3.63) is 63.6 Å². The zero-order valence-electron chi connectivity index (χ0n) is 18.3.